The van der Waals surface area contributed by atoms with E-state index in [1.165, 1.54) is 0 Å². The van der Waals surface area contributed by atoms with Crippen LogP contribution in [0.1, 0.15) is 35.8 Å². The van der Waals surface area contributed by atoms with Gasteiger partial charge in [0.05, 0.1) is 0 Å². The Morgan fingerprint density at radius 3 is 2.58 bits per heavy atom. The van der Waals surface area contributed by atoms with E-state index < -0.39 is 0 Å². The SMILES string of the molecule is Cc1ccc(C(=O)Nc2cccc(-c3nncn3C(C)C)n2)cc1. The summed E-state index contributed by atoms with van der Waals surface area (Å²) < 4.78 is 1.94. The van der Waals surface area contributed by atoms with Gasteiger partial charge in [-0.2, -0.15) is 0 Å². The van der Waals surface area contributed by atoms with Gasteiger partial charge in [0, 0.05) is 11.6 Å². The molecule has 0 aliphatic rings. The van der Waals surface area contributed by atoms with Crippen LogP contribution >= 0.6 is 0 Å². The van der Waals surface area contributed by atoms with Crippen molar-refractivity contribution in [1.29, 1.82) is 0 Å². The Hall–Kier alpha value is -3.02. The molecule has 0 saturated heterocycles. The highest BCUT2D eigenvalue weighted by Gasteiger charge is 2.13. The highest BCUT2D eigenvalue weighted by atomic mass is 16.1. The lowest BCUT2D eigenvalue weighted by atomic mass is 10.1. The summed E-state index contributed by atoms with van der Waals surface area (Å²) in [4.78, 5) is 16.8. The monoisotopic (exact) mass is 321 g/mol. The van der Waals surface area contributed by atoms with E-state index in [-0.39, 0.29) is 11.9 Å². The molecule has 0 aliphatic carbocycles. The third-order valence-corrected chi connectivity index (χ3v) is 3.66. The van der Waals surface area contributed by atoms with E-state index in [2.05, 4.69) is 34.3 Å². The van der Waals surface area contributed by atoms with Crippen LogP contribution in [0.3, 0.4) is 0 Å². The van der Waals surface area contributed by atoms with Gasteiger partial charge in [-0.1, -0.05) is 23.8 Å². The summed E-state index contributed by atoms with van der Waals surface area (Å²) in [6.45, 7) is 6.09. The summed E-state index contributed by atoms with van der Waals surface area (Å²) in [6.07, 6.45) is 1.68. The van der Waals surface area contributed by atoms with E-state index in [1.54, 1.807) is 24.5 Å². The number of carbonyl (C=O) groups is 1. The molecule has 0 aliphatic heterocycles. The smallest absolute Gasteiger partial charge is 0.256 e. The number of benzene rings is 1. The number of hydrogen-bond acceptors (Lipinski definition) is 4. The van der Waals surface area contributed by atoms with Gasteiger partial charge in [-0.3, -0.25) is 4.79 Å². The van der Waals surface area contributed by atoms with Gasteiger partial charge in [-0.05, 0) is 45.0 Å². The number of nitrogens with one attached hydrogen (secondary N) is 1. The van der Waals surface area contributed by atoms with E-state index in [4.69, 9.17) is 0 Å². The topological polar surface area (TPSA) is 72.7 Å². The Morgan fingerprint density at radius 2 is 1.88 bits per heavy atom. The van der Waals surface area contributed by atoms with Crippen LogP contribution in [0.25, 0.3) is 11.5 Å². The second kappa shape index (κ2) is 6.62. The van der Waals surface area contributed by atoms with Gasteiger partial charge in [0.1, 0.15) is 17.8 Å². The Labute approximate surface area is 140 Å². The molecule has 0 fully saturated rings. The average Bonchev–Trinajstić information content (AvgIpc) is 3.05. The summed E-state index contributed by atoms with van der Waals surface area (Å²) in [5.41, 5.74) is 2.38. The molecule has 6 heteroatoms. The van der Waals surface area contributed by atoms with Crippen LogP contribution in [-0.2, 0) is 0 Å². The molecule has 1 aromatic carbocycles. The minimum absolute atomic E-state index is 0.190. The largest absolute Gasteiger partial charge is 0.310 e. The van der Waals surface area contributed by atoms with Gasteiger partial charge in [-0.25, -0.2) is 4.98 Å². The minimum atomic E-state index is -0.190. The summed E-state index contributed by atoms with van der Waals surface area (Å²) >= 11 is 0. The number of amides is 1. The minimum Gasteiger partial charge on any atom is -0.310 e. The zero-order valence-corrected chi connectivity index (χ0v) is 13.9. The fourth-order valence-corrected chi connectivity index (χ4v) is 2.33. The molecule has 0 bridgehead atoms. The summed E-state index contributed by atoms with van der Waals surface area (Å²) in [7, 11) is 0. The summed E-state index contributed by atoms with van der Waals surface area (Å²) in [6, 6.07) is 13.1. The van der Waals surface area contributed by atoms with Crippen molar-refractivity contribution in [2.45, 2.75) is 26.8 Å². The molecule has 1 amide bonds. The molecule has 0 unspecified atom stereocenters. The highest BCUT2D eigenvalue weighted by Crippen LogP contribution is 2.20. The molecule has 0 radical (unpaired) electrons. The zero-order chi connectivity index (χ0) is 17.1. The number of hydrogen-bond donors (Lipinski definition) is 1. The number of rotatable bonds is 4. The molecule has 0 atom stereocenters. The van der Waals surface area contributed by atoms with Gasteiger partial charge in [0.2, 0.25) is 0 Å². The normalized spacial score (nSPS) is 10.8. The zero-order valence-electron chi connectivity index (χ0n) is 13.9. The van der Waals surface area contributed by atoms with E-state index in [1.807, 2.05) is 35.8 Å². The van der Waals surface area contributed by atoms with Crippen molar-refractivity contribution in [2.24, 2.45) is 0 Å². The van der Waals surface area contributed by atoms with Crippen molar-refractivity contribution in [2.75, 3.05) is 5.32 Å². The van der Waals surface area contributed by atoms with Gasteiger partial charge >= 0.3 is 0 Å². The Morgan fingerprint density at radius 1 is 1.12 bits per heavy atom. The molecule has 2 aromatic heterocycles. The first-order valence-electron chi connectivity index (χ1n) is 7.79. The molecule has 6 nitrogen and oxygen atoms in total. The molecule has 24 heavy (non-hydrogen) atoms. The third kappa shape index (κ3) is 3.32. The number of aryl methyl sites for hydroxylation is 1. The maximum atomic E-state index is 12.3. The number of nitrogens with zero attached hydrogens (tertiary/aromatic N) is 4. The van der Waals surface area contributed by atoms with Crippen LogP contribution in [0, 0.1) is 6.92 Å². The Bertz CT molecular complexity index is 852. The van der Waals surface area contributed by atoms with Gasteiger partial charge in [0.15, 0.2) is 5.82 Å². The second-order valence-corrected chi connectivity index (χ2v) is 5.88. The maximum absolute atomic E-state index is 12.3. The van der Waals surface area contributed by atoms with Crippen molar-refractivity contribution in [1.82, 2.24) is 19.7 Å². The van der Waals surface area contributed by atoms with Crippen molar-refractivity contribution in [3.63, 3.8) is 0 Å². The van der Waals surface area contributed by atoms with E-state index in [0.717, 1.165) is 5.56 Å². The van der Waals surface area contributed by atoms with Crippen molar-refractivity contribution >= 4 is 11.7 Å². The van der Waals surface area contributed by atoms with Crippen LogP contribution in [0.2, 0.25) is 0 Å². The molecule has 0 saturated carbocycles. The maximum Gasteiger partial charge on any atom is 0.256 e. The first kappa shape index (κ1) is 15.9. The van der Waals surface area contributed by atoms with Crippen molar-refractivity contribution < 1.29 is 4.79 Å². The van der Waals surface area contributed by atoms with Gasteiger partial charge in [-0.15, -0.1) is 10.2 Å². The van der Waals surface area contributed by atoms with E-state index in [9.17, 15) is 4.79 Å². The average molecular weight is 321 g/mol. The molecular weight excluding hydrogens is 302 g/mol. The molecule has 0 spiro atoms. The van der Waals surface area contributed by atoms with Crippen LogP contribution in [0.4, 0.5) is 5.82 Å². The lowest BCUT2D eigenvalue weighted by Crippen LogP contribution is -2.13. The molecule has 3 aromatic rings. The van der Waals surface area contributed by atoms with E-state index >= 15 is 0 Å². The highest BCUT2D eigenvalue weighted by molar-refractivity contribution is 6.03. The standard InChI is InChI=1S/C18H19N5O/c1-12(2)23-11-19-22-17(23)15-5-4-6-16(20-15)21-18(24)14-9-7-13(3)8-10-14/h4-12H,1-3H3,(H,20,21,24). The van der Waals surface area contributed by atoms with Crippen LogP contribution in [-0.4, -0.2) is 25.7 Å². The van der Waals surface area contributed by atoms with Gasteiger partial charge in [0.25, 0.3) is 5.91 Å². The lowest BCUT2D eigenvalue weighted by Gasteiger charge is -2.10. The molecule has 1 N–H and O–H groups in total. The number of pyridine rings is 1. The molecule has 2 heterocycles. The lowest BCUT2D eigenvalue weighted by molar-refractivity contribution is 0.102. The Kier molecular flexibility index (Phi) is 4.37. The predicted molar refractivity (Wildman–Crippen MR) is 92.8 cm³/mol. The van der Waals surface area contributed by atoms with Crippen LogP contribution in [0.15, 0.2) is 48.8 Å². The molecule has 3 rings (SSSR count). The van der Waals surface area contributed by atoms with Crippen LogP contribution < -0.4 is 5.32 Å². The Balaban J connectivity index is 1.84. The van der Waals surface area contributed by atoms with E-state index in [0.29, 0.717) is 22.9 Å². The van der Waals surface area contributed by atoms with Crippen molar-refractivity contribution in [3.8, 4) is 11.5 Å². The molecular formula is C18H19N5O. The number of anilines is 1. The first-order chi connectivity index (χ1) is 11.5. The third-order valence-electron chi connectivity index (χ3n) is 3.66. The quantitative estimate of drug-likeness (QED) is 0.798. The predicted octanol–water partition coefficient (Wildman–Crippen LogP) is 3.48. The first-order valence-corrected chi connectivity index (χ1v) is 7.79. The fraction of sp³-hybridized carbons (Fsp3) is 0.222. The second-order valence-electron chi connectivity index (χ2n) is 5.88. The number of aromatic nitrogens is 4. The van der Waals surface area contributed by atoms with Crippen molar-refractivity contribution in [3.05, 3.63) is 59.9 Å². The number of carbonyl (C=O) groups excluding carboxylic acids is 1. The summed E-state index contributed by atoms with van der Waals surface area (Å²) in [5, 5.41) is 10.9. The summed E-state index contributed by atoms with van der Waals surface area (Å²) in [5.74, 6) is 0.970. The van der Waals surface area contributed by atoms with Crippen LogP contribution in [0.5, 0.6) is 0 Å². The van der Waals surface area contributed by atoms with Gasteiger partial charge < -0.3 is 9.88 Å². The fourth-order valence-electron chi connectivity index (χ4n) is 2.33. The molecule has 122 valence electrons.